The Hall–Kier alpha value is -1.98. The lowest BCUT2D eigenvalue weighted by Crippen LogP contribution is -2.07. The van der Waals surface area contributed by atoms with Gasteiger partial charge in [-0.05, 0) is 6.07 Å². The van der Waals surface area contributed by atoms with Crippen LogP contribution in [0.25, 0.3) is 11.1 Å². The molecule has 3 nitrogen and oxygen atoms in total. The topological polar surface area (TPSA) is 38.7 Å². The van der Waals surface area contributed by atoms with Crippen molar-refractivity contribution in [3.63, 3.8) is 0 Å². The molecule has 2 aromatic rings. The Kier molecular flexibility index (Phi) is 5.61. The van der Waals surface area contributed by atoms with Crippen LogP contribution in [0.5, 0.6) is 0 Å². The van der Waals surface area contributed by atoms with E-state index in [1.165, 1.54) is 12.3 Å². The first-order valence-electron chi connectivity index (χ1n) is 6.35. The molecule has 2 aromatic heterocycles. The molecule has 0 bridgehead atoms. The van der Waals surface area contributed by atoms with Crippen LogP contribution in [0.4, 0.5) is 13.2 Å². The number of rotatable bonds is 2. The molecule has 0 aliphatic rings. The van der Waals surface area contributed by atoms with Gasteiger partial charge in [0.2, 0.25) is 0 Å². The second-order valence-electron chi connectivity index (χ2n) is 3.67. The van der Waals surface area contributed by atoms with Gasteiger partial charge in [0.05, 0.1) is 0 Å². The van der Waals surface area contributed by atoms with Gasteiger partial charge in [0, 0.05) is 36.1 Å². The average Bonchev–Trinajstić information content (AvgIpc) is 2.49. The smallest absolute Gasteiger partial charge is 0.251 e. The second-order valence-corrected chi connectivity index (χ2v) is 3.67. The number of aromatic nitrogens is 3. The third kappa shape index (κ3) is 4.01. The largest absolute Gasteiger partial charge is 0.433 e. The Bertz CT molecular complexity index is 519. The molecule has 0 unspecified atom stereocenters. The lowest BCUT2D eigenvalue weighted by Gasteiger charge is -2.06. The highest BCUT2D eigenvalue weighted by atomic mass is 19.4. The Morgan fingerprint density at radius 1 is 0.900 bits per heavy atom. The molecule has 2 heterocycles. The van der Waals surface area contributed by atoms with E-state index in [4.69, 9.17) is 0 Å². The number of pyridine rings is 1. The van der Waals surface area contributed by atoms with Crippen LogP contribution in [0.1, 0.15) is 32.3 Å². The van der Waals surface area contributed by atoms with E-state index >= 15 is 0 Å². The maximum Gasteiger partial charge on any atom is 0.433 e. The molecule has 2 rings (SSSR count). The highest BCUT2D eigenvalue weighted by molar-refractivity contribution is 5.60. The highest BCUT2D eigenvalue weighted by Crippen LogP contribution is 2.28. The Morgan fingerprint density at radius 3 is 1.85 bits per heavy atom. The molecule has 0 aliphatic carbocycles. The van der Waals surface area contributed by atoms with Crippen molar-refractivity contribution < 1.29 is 13.2 Å². The summed E-state index contributed by atoms with van der Waals surface area (Å²) in [6.07, 6.45) is 0.631. The van der Waals surface area contributed by atoms with E-state index < -0.39 is 11.9 Å². The summed E-state index contributed by atoms with van der Waals surface area (Å²) < 4.78 is 37.0. The van der Waals surface area contributed by atoms with Gasteiger partial charge >= 0.3 is 6.18 Å². The van der Waals surface area contributed by atoms with Crippen LogP contribution in [-0.4, -0.2) is 15.0 Å². The minimum atomic E-state index is -4.42. The lowest BCUT2D eigenvalue weighted by atomic mass is 10.1. The predicted octanol–water partition coefficient (Wildman–Crippen LogP) is 4.15. The van der Waals surface area contributed by atoms with Crippen molar-refractivity contribution in [2.24, 2.45) is 0 Å². The average molecular weight is 283 g/mol. The summed E-state index contributed by atoms with van der Waals surface area (Å²) >= 11 is 0. The molecule has 108 valence electrons. The van der Waals surface area contributed by atoms with Crippen LogP contribution >= 0.6 is 0 Å². The molecule has 0 radical (unpaired) electrons. The van der Waals surface area contributed by atoms with Gasteiger partial charge < -0.3 is 0 Å². The van der Waals surface area contributed by atoms with Gasteiger partial charge in [-0.25, -0.2) is 9.97 Å². The van der Waals surface area contributed by atoms with Crippen molar-refractivity contribution in [1.82, 2.24) is 15.0 Å². The summed E-state index contributed by atoms with van der Waals surface area (Å²) in [6, 6.07) is 2.31. The molecule has 0 spiro atoms. The van der Waals surface area contributed by atoms with Gasteiger partial charge in [-0.15, -0.1) is 0 Å². The molecule has 20 heavy (non-hydrogen) atoms. The van der Waals surface area contributed by atoms with Crippen molar-refractivity contribution in [2.75, 3.05) is 0 Å². The fourth-order valence-corrected chi connectivity index (χ4v) is 1.42. The van der Waals surface area contributed by atoms with E-state index in [0.29, 0.717) is 23.4 Å². The van der Waals surface area contributed by atoms with E-state index in [-0.39, 0.29) is 0 Å². The zero-order valence-electron chi connectivity index (χ0n) is 11.6. The molecular weight excluding hydrogens is 267 g/mol. The fourth-order valence-electron chi connectivity index (χ4n) is 1.42. The van der Waals surface area contributed by atoms with E-state index in [2.05, 4.69) is 15.0 Å². The number of alkyl halides is 3. The summed E-state index contributed by atoms with van der Waals surface area (Å²) in [5.41, 5.74) is 0.302. The van der Waals surface area contributed by atoms with Crippen LogP contribution in [-0.2, 0) is 12.6 Å². The van der Waals surface area contributed by atoms with Gasteiger partial charge in [-0.1, -0.05) is 26.8 Å². The van der Waals surface area contributed by atoms with Gasteiger partial charge in [0.1, 0.15) is 11.5 Å². The number of halogens is 3. The monoisotopic (exact) mass is 283 g/mol. The predicted molar refractivity (Wildman–Crippen MR) is 71.0 cm³/mol. The minimum Gasteiger partial charge on any atom is -0.251 e. The molecule has 6 heteroatoms. The Labute approximate surface area is 115 Å². The highest BCUT2D eigenvalue weighted by Gasteiger charge is 2.32. The van der Waals surface area contributed by atoms with E-state index in [0.717, 1.165) is 6.07 Å². The maximum atomic E-state index is 12.3. The summed E-state index contributed by atoms with van der Waals surface area (Å²) in [5, 5.41) is 0. The SMILES string of the molecule is CC.CCc1ncc(-c2ccc(C(F)(F)F)nc2)cn1. The third-order valence-electron chi connectivity index (χ3n) is 2.41. The van der Waals surface area contributed by atoms with Crippen molar-refractivity contribution in [2.45, 2.75) is 33.4 Å². The third-order valence-corrected chi connectivity index (χ3v) is 2.41. The molecule has 0 amide bonds. The number of aryl methyl sites for hydroxylation is 1. The zero-order chi connectivity index (χ0) is 15.2. The Morgan fingerprint density at radius 2 is 1.45 bits per heavy atom. The first-order chi connectivity index (χ1) is 9.50. The van der Waals surface area contributed by atoms with Crippen LogP contribution in [0.15, 0.2) is 30.7 Å². The fraction of sp³-hybridized carbons (Fsp3) is 0.357. The Balaban J connectivity index is 0.000000956. The number of hydrogen-bond acceptors (Lipinski definition) is 3. The quantitative estimate of drug-likeness (QED) is 0.831. The standard InChI is InChI=1S/C12H10F3N3.C2H6/c1-2-11-17-6-9(7-18-11)8-3-4-10(16-5-8)12(13,14)15;1-2/h3-7H,2H2,1H3;1-2H3. The van der Waals surface area contributed by atoms with E-state index in [9.17, 15) is 13.2 Å². The van der Waals surface area contributed by atoms with Crippen molar-refractivity contribution in [1.29, 1.82) is 0 Å². The zero-order valence-corrected chi connectivity index (χ0v) is 11.6. The number of hydrogen-bond donors (Lipinski definition) is 0. The number of nitrogens with zero attached hydrogens (tertiary/aromatic N) is 3. The van der Waals surface area contributed by atoms with Crippen molar-refractivity contribution >= 4 is 0 Å². The van der Waals surface area contributed by atoms with Gasteiger partial charge in [0.25, 0.3) is 0 Å². The summed E-state index contributed by atoms with van der Waals surface area (Å²) in [5.74, 6) is 0.693. The van der Waals surface area contributed by atoms with Gasteiger partial charge in [-0.2, -0.15) is 13.2 Å². The molecule has 0 N–H and O–H groups in total. The maximum absolute atomic E-state index is 12.3. The lowest BCUT2D eigenvalue weighted by molar-refractivity contribution is -0.141. The van der Waals surface area contributed by atoms with Crippen molar-refractivity contribution in [3.05, 3.63) is 42.2 Å². The first-order valence-corrected chi connectivity index (χ1v) is 6.35. The molecule has 0 saturated carbocycles. The minimum absolute atomic E-state index is 0.561. The van der Waals surface area contributed by atoms with Crippen LogP contribution < -0.4 is 0 Å². The van der Waals surface area contributed by atoms with Crippen LogP contribution in [0.3, 0.4) is 0 Å². The van der Waals surface area contributed by atoms with Crippen LogP contribution in [0, 0.1) is 0 Å². The van der Waals surface area contributed by atoms with Gasteiger partial charge in [0.15, 0.2) is 0 Å². The summed E-state index contributed by atoms with van der Waals surface area (Å²) in [7, 11) is 0. The molecule has 0 atom stereocenters. The molecular formula is C14H16F3N3. The normalized spacial score (nSPS) is 10.7. The van der Waals surface area contributed by atoms with Gasteiger partial charge in [-0.3, -0.25) is 4.98 Å². The summed E-state index contributed by atoms with van der Waals surface area (Å²) in [4.78, 5) is 11.6. The summed E-state index contributed by atoms with van der Waals surface area (Å²) in [6.45, 7) is 5.93. The van der Waals surface area contributed by atoms with E-state index in [1.54, 1.807) is 12.4 Å². The van der Waals surface area contributed by atoms with Crippen LogP contribution in [0.2, 0.25) is 0 Å². The molecule has 0 aromatic carbocycles. The van der Waals surface area contributed by atoms with Crippen molar-refractivity contribution in [3.8, 4) is 11.1 Å². The molecule has 0 fully saturated rings. The first kappa shape index (κ1) is 16.1. The van der Waals surface area contributed by atoms with E-state index in [1.807, 2.05) is 20.8 Å². The molecule has 0 aliphatic heterocycles. The molecule has 0 saturated heterocycles. The second kappa shape index (κ2) is 6.98.